The monoisotopic (exact) mass is 313 g/mol. The van der Waals surface area contributed by atoms with Crippen molar-refractivity contribution >= 4 is 10.0 Å². The van der Waals surface area contributed by atoms with Crippen molar-refractivity contribution in [1.82, 2.24) is 8.87 Å². The highest BCUT2D eigenvalue weighted by atomic mass is 32.2. The van der Waals surface area contributed by atoms with Gasteiger partial charge in [0.05, 0.1) is 0 Å². The molecule has 1 aliphatic rings. The lowest BCUT2D eigenvalue weighted by Gasteiger charge is -2.31. The van der Waals surface area contributed by atoms with Gasteiger partial charge in [0, 0.05) is 37.6 Å². The van der Waals surface area contributed by atoms with Crippen LogP contribution in [0.25, 0.3) is 0 Å². The molecule has 2 N–H and O–H groups in total. The minimum Gasteiger partial charge on any atom is -0.346 e. The van der Waals surface area contributed by atoms with E-state index in [0.717, 1.165) is 25.0 Å². The highest BCUT2D eigenvalue weighted by Gasteiger charge is 2.30. The van der Waals surface area contributed by atoms with E-state index in [1.54, 1.807) is 16.6 Å². The van der Waals surface area contributed by atoms with Crippen LogP contribution in [0.4, 0.5) is 0 Å². The third-order valence-corrected chi connectivity index (χ3v) is 6.20. The first-order chi connectivity index (χ1) is 9.90. The fourth-order valence-corrected chi connectivity index (χ4v) is 4.62. The predicted octanol–water partition coefficient (Wildman–Crippen LogP) is 2.34. The van der Waals surface area contributed by atoms with Gasteiger partial charge in [0.25, 0.3) is 0 Å². The van der Waals surface area contributed by atoms with Crippen molar-refractivity contribution in [3.8, 4) is 0 Å². The first-order valence-corrected chi connectivity index (χ1v) is 9.25. The first-order valence-electron chi connectivity index (χ1n) is 7.81. The van der Waals surface area contributed by atoms with E-state index in [1.807, 2.05) is 18.4 Å². The molecule has 0 aliphatic carbocycles. The SMILES string of the molecule is CCC1CCCN(S(=O)(=O)c2cc(CN)n(C(C)C)c2)C1. The lowest BCUT2D eigenvalue weighted by atomic mass is 9.97. The number of nitrogens with two attached hydrogens (primary N) is 1. The normalized spacial score (nSPS) is 21.1. The van der Waals surface area contributed by atoms with Gasteiger partial charge in [0.15, 0.2) is 0 Å². The fraction of sp³-hybridized carbons (Fsp3) is 0.733. The number of hydrogen-bond donors (Lipinski definition) is 1. The van der Waals surface area contributed by atoms with Crippen LogP contribution in [-0.4, -0.2) is 30.4 Å². The van der Waals surface area contributed by atoms with Crippen molar-refractivity contribution in [2.45, 2.75) is 57.5 Å². The van der Waals surface area contributed by atoms with Crippen LogP contribution in [0.15, 0.2) is 17.2 Å². The smallest absolute Gasteiger partial charge is 0.244 e. The highest BCUT2D eigenvalue weighted by molar-refractivity contribution is 7.89. The molecule has 0 spiro atoms. The second-order valence-electron chi connectivity index (χ2n) is 6.15. The summed E-state index contributed by atoms with van der Waals surface area (Å²) in [6.45, 7) is 7.81. The molecule has 120 valence electrons. The quantitative estimate of drug-likeness (QED) is 0.907. The lowest BCUT2D eigenvalue weighted by Crippen LogP contribution is -2.39. The van der Waals surface area contributed by atoms with Crippen molar-refractivity contribution in [3.05, 3.63) is 18.0 Å². The van der Waals surface area contributed by atoms with Crippen molar-refractivity contribution in [2.75, 3.05) is 13.1 Å². The van der Waals surface area contributed by atoms with Crippen LogP contribution in [0.5, 0.6) is 0 Å². The Kier molecular flexibility index (Phi) is 5.11. The summed E-state index contributed by atoms with van der Waals surface area (Å²) in [5.74, 6) is 0.481. The van der Waals surface area contributed by atoms with Crippen LogP contribution in [0, 0.1) is 5.92 Å². The number of sulfonamides is 1. The zero-order valence-corrected chi connectivity index (χ0v) is 14.1. The molecule has 1 fully saturated rings. The van der Waals surface area contributed by atoms with Crippen LogP contribution >= 0.6 is 0 Å². The van der Waals surface area contributed by atoms with E-state index in [0.29, 0.717) is 30.4 Å². The molecular weight excluding hydrogens is 286 g/mol. The topological polar surface area (TPSA) is 68.3 Å². The maximum Gasteiger partial charge on any atom is 0.244 e. The number of piperidine rings is 1. The minimum absolute atomic E-state index is 0.206. The van der Waals surface area contributed by atoms with E-state index in [9.17, 15) is 8.42 Å². The number of rotatable bonds is 5. The van der Waals surface area contributed by atoms with Crippen LogP contribution in [-0.2, 0) is 16.6 Å². The summed E-state index contributed by atoms with van der Waals surface area (Å²) in [7, 11) is -3.39. The molecule has 6 heteroatoms. The molecule has 1 aliphatic heterocycles. The number of aromatic nitrogens is 1. The zero-order chi connectivity index (χ0) is 15.6. The van der Waals surface area contributed by atoms with Crippen LogP contribution in [0.2, 0.25) is 0 Å². The molecule has 0 radical (unpaired) electrons. The maximum atomic E-state index is 12.8. The maximum absolute atomic E-state index is 12.8. The number of nitrogens with zero attached hydrogens (tertiary/aromatic N) is 2. The Hall–Kier alpha value is -0.850. The van der Waals surface area contributed by atoms with Gasteiger partial charge in [-0.25, -0.2) is 8.42 Å². The second-order valence-corrected chi connectivity index (χ2v) is 8.09. The molecule has 1 unspecified atom stereocenters. The summed E-state index contributed by atoms with van der Waals surface area (Å²) in [6.07, 6.45) is 4.85. The highest BCUT2D eigenvalue weighted by Crippen LogP contribution is 2.27. The van der Waals surface area contributed by atoms with Gasteiger partial charge in [0.1, 0.15) is 4.90 Å². The first kappa shape index (κ1) is 16.5. The Morgan fingerprint density at radius 3 is 2.67 bits per heavy atom. The Labute approximate surface area is 128 Å². The van der Waals surface area contributed by atoms with Crippen molar-refractivity contribution in [2.24, 2.45) is 11.7 Å². The molecule has 0 bridgehead atoms. The molecule has 1 aromatic heterocycles. The van der Waals surface area contributed by atoms with Gasteiger partial charge in [-0.3, -0.25) is 0 Å². The molecule has 0 aromatic carbocycles. The zero-order valence-electron chi connectivity index (χ0n) is 13.2. The Morgan fingerprint density at radius 2 is 2.14 bits per heavy atom. The fourth-order valence-electron chi connectivity index (χ4n) is 3.01. The average molecular weight is 313 g/mol. The second kappa shape index (κ2) is 6.50. The lowest BCUT2D eigenvalue weighted by molar-refractivity contribution is 0.261. The van der Waals surface area contributed by atoms with Gasteiger partial charge >= 0.3 is 0 Å². The molecule has 2 rings (SSSR count). The predicted molar refractivity (Wildman–Crippen MR) is 84.5 cm³/mol. The summed E-state index contributed by atoms with van der Waals surface area (Å²) in [4.78, 5) is 0.383. The summed E-state index contributed by atoms with van der Waals surface area (Å²) < 4.78 is 29.2. The third kappa shape index (κ3) is 3.33. The van der Waals surface area contributed by atoms with Crippen molar-refractivity contribution < 1.29 is 8.42 Å². The van der Waals surface area contributed by atoms with Gasteiger partial charge in [0.2, 0.25) is 10.0 Å². The molecular formula is C15H27N3O2S. The summed E-state index contributed by atoms with van der Waals surface area (Å²) >= 11 is 0. The largest absolute Gasteiger partial charge is 0.346 e. The van der Waals surface area contributed by atoms with E-state index in [2.05, 4.69) is 6.92 Å². The summed E-state index contributed by atoms with van der Waals surface area (Å²) in [5.41, 5.74) is 6.61. The van der Waals surface area contributed by atoms with Gasteiger partial charge in [-0.15, -0.1) is 0 Å². The molecule has 1 atom stereocenters. The van der Waals surface area contributed by atoms with E-state index < -0.39 is 10.0 Å². The summed E-state index contributed by atoms with van der Waals surface area (Å²) in [6, 6.07) is 1.93. The van der Waals surface area contributed by atoms with Crippen LogP contribution in [0.1, 0.15) is 51.8 Å². The van der Waals surface area contributed by atoms with E-state index >= 15 is 0 Å². The number of hydrogen-bond acceptors (Lipinski definition) is 3. The van der Waals surface area contributed by atoms with Crippen molar-refractivity contribution in [3.63, 3.8) is 0 Å². The third-order valence-electron chi connectivity index (χ3n) is 4.37. The molecule has 0 saturated carbocycles. The Morgan fingerprint density at radius 1 is 1.43 bits per heavy atom. The molecule has 1 saturated heterocycles. The van der Waals surface area contributed by atoms with E-state index in [4.69, 9.17) is 5.73 Å². The summed E-state index contributed by atoms with van der Waals surface area (Å²) in [5, 5.41) is 0. The van der Waals surface area contributed by atoms with E-state index in [1.165, 1.54) is 0 Å². The molecule has 0 amide bonds. The molecule has 2 heterocycles. The standard InChI is InChI=1S/C15H27N3O2S/c1-4-13-6-5-7-17(10-13)21(19,20)15-8-14(9-16)18(11-15)12(2)3/h8,11-13H,4-7,9-10,16H2,1-3H3. The average Bonchev–Trinajstić information content (AvgIpc) is 2.92. The molecule has 21 heavy (non-hydrogen) atoms. The Bertz CT molecular complexity index is 578. The molecule has 1 aromatic rings. The molecule has 5 nitrogen and oxygen atoms in total. The minimum atomic E-state index is -3.39. The van der Waals surface area contributed by atoms with Gasteiger partial charge in [-0.05, 0) is 38.7 Å². The van der Waals surface area contributed by atoms with E-state index in [-0.39, 0.29) is 6.04 Å². The Balaban J connectivity index is 2.31. The van der Waals surface area contributed by atoms with Gasteiger partial charge in [-0.2, -0.15) is 4.31 Å². The van der Waals surface area contributed by atoms with Gasteiger partial charge in [-0.1, -0.05) is 13.3 Å². The van der Waals surface area contributed by atoms with Gasteiger partial charge < -0.3 is 10.3 Å². The van der Waals surface area contributed by atoms with Crippen LogP contribution < -0.4 is 5.73 Å². The van der Waals surface area contributed by atoms with Crippen LogP contribution in [0.3, 0.4) is 0 Å². The van der Waals surface area contributed by atoms with Crippen molar-refractivity contribution in [1.29, 1.82) is 0 Å².